The molecular formula is C19H21N5O. The van der Waals surface area contributed by atoms with Gasteiger partial charge in [-0.1, -0.05) is 0 Å². The summed E-state index contributed by atoms with van der Waals surface area (Å²) in [5.74, 6) is 0.394. The van der Waals surface area contributed by atoms with Gasteiger partial charge in [-0.15, -0.1) is 0 Å². The molecule has 1 saturated carbocycles. The van der Waals surface area contributed by atoms with Gasteiger partial charge in [0.05, 0.1) is 12.0 Å². The van der Waals surface area contributed by atoms with E-state index in [-0.39, 0.29) is 5.91 Å². The molecule has 1 aliphatic carbocycles. The van der Waals surface area contributed by atoms with E-state index in [4.69, 9.17) is 0 Å². The first-order valence-corrected chi connectivity index (χ1v) is 8.49. The molecule has 0 saturated heterocycles. The first kappa shape index (κ1) is 15.6. The molecule has 0 spiro atoms. The van der Waals surface area contributed by atoms with Crippen LogP contribution in [-0.2, 0) is 7.05 Å². The van der Waals surface area contributed by atoms with E-state index in [1.165, 1.54) is 12.8 Å². The highest BCUT2D eigenvalue weighted by atomic mass is 16.1. The smallest absolute Gasteiger partial charge is 0.276 e. The largest absolute Gasteiger partial charge is 0.321 e. The Morgan fingerprint density at radius 1 is 1.20 bits per heavy atom. The quantitative estimate of drug-likeness (QED) is 0.795. The van der Waals surface area contributed by atoms with Crippen LogP contribution in [0, 0.1) is 13.8 Å². The molecule has 3 aromatic rings. The Bertz CT molecular complexity index is 931. The molecule has 1 N–H and O–H groups in total. The molecule has 1 amide bonds. The molecule has 1 aromatic carbocycles. The summed E-state index contributed by atoms with van der Waals surface area (Å²) in [5, 5.41) is 7.26. The number of hydrogen-bond donors (Lipinski definition) is 1. The summed E-state index contributed by atoms with van der Waals surface area (Å²) in [7, 11) is 1.90. The number of rotatable bonds is 4. The van der Waals surface area contributed by atoms with Crippen LogP contribution in [-0.4, -0.2) is 25.2 Å². The predicted molar refractivity (Wildman–Crippen MR) is 96.2 cm³/mol. The number of aromatic nitrogens is 4. The van der Waals surface area contributed by atoms with Crippen molar-refractivity contribution in [3.8, 4) is 5.69 Å². The molecule has 4 rings (SSSR count). The summed E-state index contributed by atoms with van der Waals surface area (Å²) in [5.41, 5.74) is 5.50. The predicted octanol–water partition coefficient (Wildman–Crippen LogP) is 3.35. The third-order valence-corrected chi connectivity index (χ3v) is 4.80. The van der Waals surface area contributed by atoms with Gasteiger partial charge >= 0.3 is 0 Å². The fourth-order valence-electron chi connectivity index (χ4n) is 3.01. The van der Waals surface area contributed by atoms with Gasteiger partial charge in [-0.05, 0) is 57.0 Å². The first-order chi connectivity index (χ1) is 12.0. The van der Waals surface area contributed by atoms with Crippen molar-refractivity contribution in [1.29, 1.82) is 0 Å². The fraction of sp³-hybridized carbons (Fsp3) is 0.316. The molecule has 128 valence electrons. The van der Waals surface area contributed by atoms with Crippen LogP contribution in [0.3, 0.4) is 0 Å². The van der Waals surface area contributed by atoms with Crippen molar-refractivity contribution in [1.82, 2.24) is 19.3 Å². The molecule has 0 radical (unpaired) electrons. The van der Waals surface area contributed by atoms with Crippen molar-refractivity contribution < 1.29 is 4.79 Å². The van der Waals surface area contributed by atoms with Crippen molar-refractivity contribution in [2.75, 3.05) is 5.32 Å². The van der Waals surface area contributed by atoms with Gasteiger partial charge in [0.25, 0.3) is 5.91 Å². The number of aryl methyl sites for hydroxylation is 2. The van der Waals surface area contributed by atoms with Crippen molar-refractivity contribution in [2.45, 2.75) is 32.6 Å². The number of benzene rings is 1. The van der Waals surface area contributed by atoms with E-state index >= 15 is 0 Å². The van der Waals surface area contributed by atoms with E-state index < -0.39 is 0 Å². The third-order valence-electron chi connectivity index (χ3n) is 4.80. The van der Waals surface area contributed by atoms with Crippen molar-refractivity contribution >= 4 is 11.6 Å². The standard InChI is InChI=1S/C19H21N5O/c1-12-13(2)24(11-20-12)16-8-6-15(7-9-16)21-19(25)17-10-18(14-4-5-14)23(3)22-17/h6-11,14H,4-5H2,1-3H3,(H,21,25). The Morgan fingerprint density at radius 3 is 2.52 bits per heavy atom. The van der Waals surface area contributed by atoms with Crippen LogP contribution in [0.4, 0.5) is 5.69 Å². The lowest BCUT2D eigenvalue weighted by Gasteiger charge is -2.08. The summed E-state index contributed by atoms with van der Waals surface area (Å²) in [4.78, 5) is 16.7. The summed E-state index contributed by atoms with van der Waals surface area (Å²) in [6.45, 7) is 4.03. The number of anilines is 1. The number of hydrogen-bond acceptors (Lipinski definition) is 3. The number of nitrogens with one attached hydrogen (secondary N) is 1. The lowest BCUT2D eigenvalue weighted by atomic mass is 10.2. The van der Waals surface area contributed by atoms with E-state index in [0.717, 1.165) is 28.5 Å². The van der Waals surface area contributed by atoms with Gasteiger partial charge < -0.3 is 9.88 Å². The summed E-state index contributed by atoms with van der Waals surface area (Å²) in [6, 6.07) is 9.63. The van der Waals surface area contributed by atoms with Gasteiger partial charge in [-0.2, -0.15) is 5.10 Å². The maximum Gasteiger partial charge on any atom is 0.276 e. The molecule has 6 heteroatoms. The average Bonchev–Trinajstić information content (AvgIpc) is 3.29. The zero-order valence-electron chi connectivity index (χ0n) is 14.7. The number of nitrogens with zero attached hydrogens (tertiary/aromatic N) is 4. The molecule has 25 heavy (non-hydrogen) atoms. The van der Waals surface area contributed by atoms with Crippen LogP contribution in [0.2, 0.25) is 0 Å². The third kappa shape index (κ3) is 2.95. The van der Waals surface area contributed by atoms with Crippen LogP contribution < -0.4 is 5.32 Å². The zero-order chi connectivity index (χ0) is 17.6. The van der Waals surface area contributed by atoms with Crippen LogP contribution >= 0.6 is 0 Å². The minimum Gasteiger partial charge on any atom is -0.321 e. The number of imidazole rings is 1. The van der Waals surface area contributed by atoms with Gasteiger partial charge in [-0.25, -0.2) is 4.98 Å². The Labute approximate surface area is 146 Å². The molecular weight excluding hydrogens is 314 g/mol. The SMILES string of the molecule is Cc1ncn(-c2ccc(NC(=O)c3cc(C4CC4)n(C)n3)cc2)c1C. The van der Waals surface area contributed by atoms with Crippen LogP contribution in [0.5, 0.6) is 0 Å². The zero-order valence-corrected chi connectivity index (χ0v) is 14.7. The van der Waals surface area contributed by atoms with Gasteiger partial charge in [0.1, 0.15) is 0 Å². The minimum absolute atomic E-state index is 0.176. The maximum atomic E-state index is 12.4. The fourth-order valence-corrected chi connectivity index (χ4v) is 3.01. The van der Waals surface area contributed by atoms with E-state index in [0.29, 0.717) is 11.6 Å². The van der Waals surface area contributed by atoms with E-state index in [9.17, 15) is 4.79 Å². The summed E-state index contributed by atoms with van der Waals surface area (Å²) < 4.78 is 3.85. The highest BCUT2D eigenvalue weighted by Gasteiger charge is 2.28. The Morgan fingerprint density at radius 2 is 1.92 bits per heavy atom. The molecule has 0 atom stereocenters. The molecule has 1 aliphatic rings. The van der Waals surface area contributed by atoms with Gasteiger partial charge in [0.15, 0.2) is 5.69 Å². The van der Waals surface area contributed by atoms with Gasteiger partial charge in [-0.3, -0.25) is 9.48 Å². The Kier molecular flexibility index (Phi) is 3.67. The second-order valence-corrected chi connectivity index (χ2v) is 6.64. The summed E-state index contributed by atoms with van der Waals surface area (Å²) >= 11 is 0. The minimum atomic E-state index is -0.176. The van der Waals surface area contributed by atoms with Crippen LogP contribution in [0.1, 0.15) is 46.3 Å². The van der Waals surface area contributed by atoms with E-state index in [1.807, 2.05) is 66.8 Å². The lowest BCUT2D eigenvalue weighted by molar-refractivity contribution is 0.102. The van der Waals surface area contributed by atoms with E-state index in [1.54, 1.807) is 0 Å². The molecule has 0 unspecified atom stereocenters. The maximum absolute atomic E-state index is 12.4. The molecule has 2 heterocycles. The topological polar surface area (TPSA) is 64.7 Å². The monoisotopic (exact) mass is 335 g/mol. The van der Waals surface area contributed by atoms with E-state index in [2.05, 4.69) is 15.4 Å². The van der Waals surface area contributed by atoms with Crippen LogP contribution in [0.25, 0.3) is 5.69 Å². The van der Waals surface area contributed by atoms with Gasteiger partial charge in [0.2, 0.25) is 0 Å². The van der Waals surface area contributed by atoms with Gasteiger partial charge in [0, 0.05) is 35.7 Å². The molecule has 1 fully saturated rings. The van der Waals surface area contributed by atoms with Crippen molar-refractivity contribution in [3.63, 3.8) is 0 Å². The number of carbonyl (C=O) groups is 1. The second kappa shape index (κ2) is 5.88. The number of carbonyl (C=O) groups excluding carboxylic acids is 1. The molecule has 0 aliphatic heterocycles. The van der Waals surface area contributed by atoms with Crippen LogP contribution in [0.15, 0.2) is 36.7 Å². The molecule has 6 nitrogen and oxygen atoms in total. The average molecular weight is 335 g/mol. The second-order valence-electron chi connectivity index (χ2n) is 6.64. The lowest BCUT2D eigenvalue weighted by Crippen LogP contribution is -2.13. The Balaban J connectivity index is 1.50. The number of amides is 1. The molecule has 2 aromatic heterocycles. The first-order valence-electron chi connectivity index (χ1n) is 8.49. The van der Waals surface area contributed by atoms with Crippen molar-refractivity contribution in [2.24, 2.45) is 7.05 Å². The highest BCUT2D eigenvalue weighted by molar-refractivity contribution is 6.03. The summed E-state index contributed by atoms with van der Waals surface area (Å²) in [6.07, 6.45) is 4.19. The highest BCUT2D eigenvalue weighted by Crippen LogP contribution is 2.39. The van der Waals surface area contributed by atoms with Crippen molar-refractivity contribution in [3.05, 3.63) is 59.4 Å². The molecule has 0 bridgehead atoms. The normalized spacial score (nSPS) is 13.9. The Hall–Kier alpha value is -2.89.